The molecule has 0 aliphatic heterocycles. The van der Waals surface area contributed by atoms with Gasteiger partial charge in [0.1, 0.15) is 0 Å². The standard InChI is InChI=1S/C15H14N4O4/c1-9-2-3-11(8-13(9)19(22)23)15(20)17-12-6-4-10(5-7-12)14(16)18-21/h2-8,21H,1H3,(H2,16,18)(H,17,20). The first kappa shape index (κ1) is 16.0. The lowest BCUT2D eigenvalue weighted by Gasteiger charge is -2.07. The smallest absolute Gasteiger partial charge is 0.273 e. The molecule has 118 valence electrons. The van der Waals surface area contributed by atoms with Crippen LogP contribution in [0, 0.1) is 17.0 Å². The molecule has 2 aromatic carbocycles. The first-order valence-corrected chi connectivity index (χ1v) is 6.56. The molecule has 2 aromatic rings. The fraction of sp³-hybridized carbons (Fsp3) is 0.0667. The van der Waals surface area contributed by atoms with E-state index in [0.717, 1.165) is 0 Å². The average molecular weight is 314 g/mol. The number of nitrogens with two attached hydrogens (primary N) is 1. The van der Waals surface area contributed by atoms with Crippen LogP contribution >= 0.6 is 0 Å². The molecule has 8 nitrogen and oxygen atoms in total. The molecule has 0 fully saturated rings. The van der Waals surface area contributed by atoms with E-state index in [4.69, 9.17) is 10.9 Å². The number of carbonyl (C=O) groups excluding carboxylic acids is 1. The van der Waals surface area contributed by atoms with Crippen LogP contribution in [0.3, 0.4) is 0 Å². The molecule has 0 spiro atoms. The van der Waals surface area contributed by atoms with Crippen LogP contribution in [-0.4, -0.2) is 21.9 Å². The van der Waals surface area contributed by atoms with Crippen molar-refractivity contribution in [3.05, 3.63) is 69.3 Å². The SMILES string of the molecule is Cc1ccc(C(=O)Nc2ccc(C(N)=NO)cc2)cc1[N+](=O)[O-]. The van der Waals surface area contributed by atoms with Crippen molar-refractivity contribution < 1.29 is 14.9 Å². The summed E-state index contributed by atoms with van der Waals surface area (Å²) < 4.78 is 0. The van der Waals surface area contributed by atoms with Gasteiger partial charge in [-0.2, -0.15) is 0 Å². The van der Waals surface area contributed by atoms with E-state index >= 15 is 0 Å². The zero-order valence-electron chi connectivity index (χ0n) is 12.2. The van der Waals surface area contributed by atoms with E-state index in [9.17, 15) is 14.9 Å². The molecule has 0 aliphatic rings. The Morgan fingerprint density at radius 3 is 2.39 bits per heavy atom. The number of amides is 1. The largest absolute Gasteiger partial charge is 0.409 e. The molecular formula is C15H14N4O4. The second-order valence-corrected chi connectivity index (χ2v) is 4.78. The summed E-state index contributed by atoms with van der Waals surface area (Å²) in [7, 11) is 0. The van der Waals surface area contributed by atoms with Crippen LogP contribution in [0.15, 0.2) is 47.6 Å². The Labute approximate surface area is 131 Å². The predicted molar refractivity (Wildman–Crippen MR) is 84.7 cm³/mol. The van der Waals surface area contributed by atoms with Gasteiger partial charge in [-0.15, -0.1) is 0 Å². The second-order valence-electron chi connectivity index (χ2n) is 4.78. The van der Waals surface area contributed by atoms with E-state index in [-0.39, 0.29) is 17.1 Å². The Bertz CT molecular complexity index is 785. The van der Waals surface area contributed by atoms with Crippen molar-refractivity contribution >= 4 is 23.1 Å². The Morgan fingerprint density at radius 2 is 1.83 bits per heavy atom. The summed E-state index contributed by atoms with van der Waals surface area (Å²) >= 11 is 0. The number of aryl methyl sites for hydroxylation is 1. The zero-order valence-corrected chi connectivity index (χ0v) is 12.2. The van der Waals surface area contributed by atoms with E-state index in [1.807, 2.05) is 0 Å². The van der Waals surface area contributed by atoms with Crippen LogP contribution in [0.25, 0.3) is 0 Å². The van der Waals surface area contributed by atoms with Gasteiger partial charge in [-0.3, -0.25) is 14.9 Å². The van der Waals surface area contributed by atoms with E-state index in [1.54, 1.807) is 31.2 Å². The highest BCUT2D eigenvalue weighted by Gasteiger charge is 2.15. The average Bonchev–Trinajstić information content (AvgIpc) is 2.54. The second kappa shape index (κ2) is 6.56. The molecule has 0 saturated carbocycles. The number of rotatable bonds is 4. The minimum atomic E-state index is -0.530. The molecule has 0 heterocycles. The molecule has 0 saturated heterocycles. The maximum atomic E-state index is 12.2. The van der Waals surface area contributed by atoms with Gasteiger partial charge in [0.05, 0.1) is 4.92 Å². The number of nitro benzene ring substituents is 1. The molecular weight excluding hydrogens is 300 g/mol. The third-order valence-corrected chi connectivity index (χ3v) is 3.21. The van der Waals surface area contributed by atoms with Gasteiger partial charge >= 0.3 is 0 Å². The molecule has 0 atom stereocenters. The number of nitrogens with zero attached hydrogens (tertiary/aromatic N) is 2. The number of carbonyl (C=O) groups is 1. The lowest BCUT2D eigenvalue weighted by atomic mass is 10.1. The van der Waals surface area contributed by atoms with Crippen molar-refractivity contribution in [1.82, 2.24) is 0 Å². The van der Waals surface area contributed by atoms with Crippen LogP contribution in [0.4, 0.5) is 11.4 Å². The van der Waals surface area contributed by atoms with Gasteiger partial charge < -0.3 is 16.3 Å². The topological polar surface area (TPSA) is 131 Å². The van der Waals surface area contributed by atoms with Gasteiger partial charge in [-0.25, -0.2) is 0 Å². The monoisotopic (exact) mass is 314 g/mol. The Hall–Kier alpha value is -3.42. The van der Waals surface area contributed by atoms with Crippen molar-refractivity contribution in [2.24, 2.45) is 10.9 Å². The summed E-state index contributed by atoms with van der Waals surface area (Å²) in [5.41, 5.74) is 6.97. The van der Waals surface area contributed by atoms with Gasteiger partial charge in [0.25, 0.3) is 11.6 Å². The van der Waals surface area contributed by atoms with E-state index < -0.39 is 10.8 Å². The van der Waals surface area contributed by atoms with Crippen LogP contribution < -0.4 is 11.1 Å². The van der Waals surface area contributed by atoms with Crippen LogP contribution in [0.5, 0.6) is 0 Å². The summed E-state index contributed by atoms with van der Waals surface area (Å²) in [6, 6.07) is 10.6. The summed E-state index contributed by atoms with van der Waals surface area (Å²) in [5, 5.41) is 25.0. The normalized spacial score (nSPS) is 11.1. The molecule has 0 aliphatic carbocycles. The number of benzene rings is 2. The Balaban J connectivity index is 2.19. The number of anilines is 1. The highest BCUT2D eigenvalue weighted by atomic mass is 16.6. The first-order chi connectivity index (χ1) is 10.9. The van der Waals surface area contributed by atoms with Crippen LogP contribution in [0.1, 0.15) is 21.5 Å². The van der Waals surface area contributed by atoms with Crippen molar-refractivity contribution in [2.45, 2.75) is 6.92 Å². The van der Waals surface area contributed by atoms with Crippen LogP contribution in [-0.2, 0) is 0 Å². The summed E-state index contributed by atoms with van der Waals surface area (Å²) in [6.45, 7) is 1.60. The minimum absolute atomic E-state index is 0.0444. The number of oxime groups is 1. The van der Waals surface area contributed by atoms with Gasteiger partial charge in [-0.05, 0) is 37.3 Å². The molecule has 0 bridgehead atoms. The Morgan fingerprint density at radius 1 is 1.22 bits per heavy atom. The third-order valence-electron chi connectivity index (χ3n) is 3.21. The maximum Gasteiger partial charge on any atom is 0.273 e. The summed E-state index contributed by atoms with van der Waals surface area (Å²) in [4.78, 5) is 22.5. The fourth-order valence-electron chi connectivity index (χ4n) is 1.93. The number of amidine groups is 1. The van der Waals surface area contributed by atoms with Crippen molar-refractivity contribution in [3.63, 3.8) is 0 Å². The molecule has 4 N–H and O–H groups in total. The maximum absolute atomic E-state index is 12.2. The minimum Gasteiger partial charge on any atom is -0.409 e. The molecule has 0 aromatic heterocycles. The van der Waals surface area contributed by atoms with Crippen molar-refractivity contribution in [1.29, 1.82) is 0 Å². The highest BCUT2D eigenvalue weighted by molar-refractivity contribution is 6.05. The predicted octanol–water partition coefficient (Wildman–Crippen LogP) is 2.25. The van der Waals surface area contributed by atoms with Crippen LogP contribution in [0.2, 0.25) is 0 Å². The first-order valence-electron chi connectivity index (χ1n) is 6.56. The van der Waals surface area contributed by atoms with E-state index in [1.165, 1.54) is 18.2 Å². The number of nitro groups is 1. The van der Waals surface area contributed by atoms with E-state index in [2.05, 4.69) is 10.5 Å². The van der Waals surface area contributed by atoms with Gasteiger partial charge in [0.15, 0.2) is 5.84 Å². The van der Waals surface area contributed by atoms with Gasteiger partial charge in [-0.1, -0.05) is 11.2 Å². The fourth-order valence-corrected chi connectivity index (χ4v) is 1.93. The van der Waals surface area contributed by atoms with E-state index in [0.29, 0.717) is 16.8 Å². The highest BCUT2D eigenvalue weighted by Crippen LogP contribution is 2.20. The Kier molecular flexibility index (Phi) is 4.55. The lowest BCUT2D eigenvalue weighted by Crippen LogP contribution is -2.14. The summed E-state index contributed by atoms with van der Waals surface area (Å²) in [5.74, 6) is -0.512. The molecule has 0 radical (unpaired) electrons. The van der Waals surface area contributed by atoms with Gasteiger partial charge in [0, 0.05) is 28.4 Å². The van der Waals surface area contributed by atoms with Crippen molar-refractivity contribution in [3.8, 4) is 0 Å². The lowest BCUT2D eigenvalue weighted by molar-refractivity contribution is -0.385. The number of hydrogen-bond acceptors (Lipinski definition) is 5. The number of hydrogen-bond donors (Lipinski definition) is 3. The van der Waals surface area contributed by atoms with Crippen molar-refractivity contribution in [2.75, 3.05) is 5.32 Å². The summed E-state index contributed by atoms with van der Waals surface area (Å²) in [6.07, 6.45) is 0. The van der Waals surface area contributed by atoms with Gasteiger partial charge in [0.2, 0.25) is 0 Å². The number of nitrogens with one attached hydrogen (secondary N) is 1. The third kappa shape index (κ3) is 3.62. The molecule has 2 rings (SSSR count). The molecule has 1 amide bonds. The molecule has 8 heteroatoms. The molecule has 0 unspecified atom stereocenters. The quantitative estimate of drug-likeness (QED) is 0.262. The molecule has 23 heavy (non-hydrogen) atoms. The zero-order chi connectivity index (χ0) is 17.0.